The van der Waals surface area contributed by atoms with Crippen molar-refractivity contribution in [3.8, 4) is 0 Å². The van der Waals surface area contributed by atoms with E-state index in [-0.39, 0.29) is 102 Å². The van der Waals surface area contributed by atoms with Crippen LogP contribution in [0.2, 0.25) is 0 Å². The molecule has 0 fully saturated rings. The Hall–Kier alpha value is 2.35. The molecule has 0 nitrogen and oxygen atoms in total. The molecule has 0 aliphatic heterocycles. The van der Waals surface area contributed by atoms with Crippen molar-refractivity contribution in [1.29, 1.82) is 0 Å². The van der Waals surface area contributed by atoms with Crippen LogP contribution in [0.25, 0.3) is 0 Å². The Morgan fingerprint density at radius 3 is 0.762 bits per heavy atom. The quantitative estimate of drug-likeness (QED) is 0.217. The summed E-state index contributed by atoms with van der Waals surface area (Å²) in [5.74, 6) is 15.3. The Bertz CT molecular complexity index is 267. The van der Waals surface area contributed by atoms with Gasteiger partial charge in [0.05, 0.1) is 0 Å². The Balaban J connectivity index is -0.0000000352. The van der Waals surface area contributed by atoms with Crippen molar-refractivity contribution in [2.24, 2.45) is 0 Å². The second-order valence-electron chi connectivity index (χ2n) is 2.44. The number of halogens is 3. The molecule has 108 valence electrons. The molecule has 0 aromatic carbocycles. The van der Waals surface area contributed by atoms with Crippen LogP contribution < -0.4 is 37.2 Å². The Morgan fingerprint density at radius 1 is 0.476 bits per heavy atom. The summed E-state index contributed by atoms with van der Waals surface area (Å²) in [6.45, 7) is 0. The Morgan fingerprint density at radius 2 is 0.714 bits per heavy atom. The van der Waals surface area contributed by atoms with E-state index in [4.69, 9.17) is 0 Å². The predicted molar refractivity (Wildman–Crippen MR) is 74.3 cm³/mol. The van der Waals surface area contributed by atoms with E-state index >= 15 is 0 Å². The third kappa shape index (κ3) is 30.7. The van der Waals surface area contributed by atoms with Gasteiger partial charge in [0.1, 0.15) is 0 Å². The van der Waals surface area contributed by atoms with E-state index in [9.17, 15) is 0 Å². The van der Waals surface area contributed by atoms with E-state index in [1.165, 1.54) is 0 Å². The topological polar surface area (TPSA) is 0 Å². The second kappa shape index (κ2) is 33.8. The smallest absolute Gasteiger partial charge is 1.00 e. The van der Waals surface area contributed by atoms with Gasteiger partial charge in [0.15, 0.2) is 0 Å². The number of hydrogen-bond donors (Lipinski definition) is 0. The summed E-state index contributed by atoms with van der Waals surface area (Å²) >= 11 is 0. The van der Waals surface area contributed by atoms with Crippen LogP contribution in [0, 0.1) is 17.4 Å². The third-order valence-electron chi connectivity index (χ3n) is 1.33. The minimum Gasteiger partial charge on any atom is -1.00 e. The van der Waals surface area contributed by atoms with Gasteiger partial charge in [-0.3, -0.25) is 24.6 Å². The van der Waals surface area contributed by atoms with Crippen LogP contribution in [0.1, 0.15) is 0 Å². The van der Waals surface area contributed by atoms with Crippen LogP contribution in [0.5, 0.6) is 0 Å². The standard InChI is InChI=1S/3C4H4P.3ClH.3Ti/c3*1-2-4-5-3-1;;;;;;/h3*1-3,5H;3*1H;;;/q3*-1;;;;3*+2/p-3. The van der Waals surface area contributed by atoms with Crippen LogP contribution in [0.4, 0.5) is 0 Å². The molecule has 3 heterocycles. The van der Waals surface area contributed by atoms with Crippen LogP contribution >= 0.6 is 24.6 Å². The van der Waals surface area contributed by atoms with Crippen molar-refractivity contribution >= 4 is 24.6 Å². The fraction of sp³-hybridized carbons (Fsp3) is 0. The van der Waals surface area contributed by atoms with E-state index < -0.39 is 0 Å². The summed E-state index contributed by atoms with van der Waals surface area (Å²) in [5, 5.41) is 0. The first kappa shape index (κ1) is 38.7. The predicted octanol–water partition coefficient (Wildman–Crippen LogP) is -4.44. The van der Waals surface area contributed by atoms with Gasteiger partial charge in [-0.25, -0.2) is 18.2 Å². The zero-order chi connectivity index (χ0) is 10.6. The van der Waals surface area contributed by atoms with Crippen molar-refractivity contribution in [2.45, 2.75) is 0 Å². The average Bonchev–Trinajstić information content (AvgIpc) is 3.09. The molecule has 21 heavy (non-hydrogen) atoms. The number of rotatable bonds is 0. The van der Waals surface area contributed by atoms with Crippen LogP contribution in [0.3, 0.4) is 0 Å². The monoisotopic (exact) mass is 498 g/mol. The maximum absolute atomic E-state index is 3.01. The summed E-state index contributed by atoms with van der Waals surface area (Å²) in [6, 6.07) is 11.9. The van der Waals surface area contributed by atoms with E-state index in [1.54, 1.807) is 0 Å². The summed E-state index contributed by atoms with van der Waals surface area (Å²) in [5.41, 5.74) is 0. The van der Waals surface area contributed by atoms with Gasteiger partial charge in [-0.05, 0) is 0 Å². The molecule has 0 aliphatic rings. The van der Waals surface area contributed by atoms with Crippen molar-refractivity contribution in [2.75, 3.05) is 0 Å². The minimum absolute atomic E-state index is 0. The van der Waals surface area contributed by atoms with Crippen molar-refractivity contribution < 1.29 is 102 Å². The van der Waals surface area contributed by atoms with Gasteiger partial charge in [0, 0.05) is 0 Å². The van der Waals surface area contributed by atoms with Gasteiger partial charge in [-0.15, -0.1) is 0 Å². The molecular weight excluding hydrogens is 487 g/mol. The van der Waals surface area contributed by atoms with Gasteiger partial charge in [0.25, 0.3) is 0 Å². The summed E-state index contributed by atoms with van der Waals surface area (Å²) in [7, 11) is 2.47. The zero-order valence-corrected chi connectivity index (χ0v) is 20.8. The first-order valence-electron chi connectivity index (χ1n) is 4.48. The first-order valence-corrected chi connectivity index (χ1v) is 7.71. The van der Waals surface area contributed by atoms with Gasteiger partial charge in [-0.2, -0.15) is 53.0 Å². The average molecular weight is 499 g/mol. The third-order valence-corrected chi connectivity index (χ3v) is 3.40. The minimum atomic E-state index is 0. The van der Waals surface area contributed by atoms with Gasteiger partial charge >= 0.3 is 65.2 Å². The summed E-state index contributed by atoms with van der Waals surface area (Å²) in [6.07, 6.45) is 0. The normalized spacial score (nSPS) is 6.86. The van der Waals surface area contributed by atoms with E-state index in [0.717, 1.165) is 24.6 Å². The van der Waals surface area contributed by atoms with Crippen LogP contribution in [0.15, 0.2) is 53.8 Å². The molecular formula is C12H12Cl3P3Ti3. The second-order valence-corrected chi connectivity index (χ2v) is 5.18. The van der Waals surface area contributed by atoms with Crippen molar-refractivity contribution in [1.82, 2.24) is 0 Å². The fourth-order valence-electron chi connectivity index (χ4n) is 0.722. The molecule has 0 amide bonds. The van der Waals surface area contributed by atoms with E-state index in [2.05, 4.69) is 34.8 Å². The zero-order valence-electron chi connectivity index (χ0n) is 10.8. The molecule has 0 N–H and O–H groups in total. The van der Waals surface area contributed by atoms with Gasteiger partial charge in [0.2, 0.25) is 0 Å². The van der Waals surface area contributed by atoms with Gasteiger partial charge in [-0.1, -0.05) is 0 Å². The Kier molecular flexibility index (Phi) is 62.5. The first-order chi connectivity index (χ1) is 7.50. The van der Waals surface area contributed by atoms with Crippen LogP contribution in [-0.4, -0.2) is 0 Å². The maximum atomic E-state index is 3.01. The summed E-state index contributed by atoms with van der Waals surface area (Å²) < 4.78 is 0. The Labute approximate surface area is 195 Å². The molecule has 0 spiro atoms. The molecule has 3 rings (SSSR count). The molecule has 3 unspecified atom stereocenters. The van der Waals surface area contributed by atoms with E-state index in [1.807, 2.05) is 36.4 Å². The molecule has 0 saturated heterocycles. The van der Waals surface area contributed by atoms with E-state index in [0.29, 0.717) is 0 Å². The largest absolute Gasteiger partial charge is 2.00 e. The molecule has 0 bridgehead atoms. The number of hydrogen-bond acceptors (Lipinski definition) is 0. The fourth-order valence-corrected chi connectivity index (χ4v) is 2.17. The molecule has 3 aromatic rings. The molecule has 0 aliphatic carbocycles. The maximum Gasteiger partial charge on any atom is 2.00 e. The molecule has 3 aromatic heterocycles. The van der Waals surface area contributed by atoms with Crippen molar-refractivity contribution in [3.63, 3.8) is 0 Å². The van der Waals surface area contributed by atoms with Gasteiger partial charge < -0.3 is 37.2 Å². The molecule has 3 atom stereocenters. The molecule has 9 heteroatoms. The van der Waals surface area contributed by atoms with Crippen LogP contribution in [-0.2, 0) is 65.2 Å². The SMILES string of the molecule is [Cl-].[Cl-].[Cl-].[Ti+2].[Ti+2].[Ti+2].[c-]1ccc[pH]1.[c-]1ccc[pH]1.[c-]1ccc[pH]1. The molecule has 0 saturated carbocycles. The summed E-state index contributed by atoms with van der Waals surface area (Å²) in [4.78, 5) is 0. The van der Waals surface area contributed by atoms with Crippen molar-refractivity contribution in [3.05, 3.63) is 71.2 Å². The molecule has 0 radical (unpaired) electrons.